The first kappa shape index (κ1) is 14.6. The quantitative estimate of drug-likeness (QED) is 0.624. The van der Waals surface area contributed by atoms with Crippen molar-refractivity contribution in [2.24, 2.45) is 0 Å². The maximum Gasteiger partial charge on any atom is 0.263 e. The summed E-state index contributed by atoms with van der Waals surface area (Å²) in [6.45, 7) is 0.411. The van der Waals surface area contributed by atoms with Crippen LogP contribution < -0.4 is 4.74 Å². The number of aromatic nitrogens is 5. The second kappa shape index (κ2) is 5.55. The maximum absolute atomic E-state index is 13.0. The highest BCUT2D eigenvalue weighted by Gasteiger charge is 2.12. The van der Waals surface area contributed by atoms with E-state index in [0.29, 0.717) is 40.1 Å². The highest BCUT2D eigenvalue weighted by molar-refractivity contribution is 6.02. The number of fused-ring (bicyclic) bond motifs is 3. The fourth-order valence-corrected chi connectivity index (χ4v) is 2.63. The maximum atomic E-state index is 13.0. The Hall–Kier alpha value is -3.03. The molecule has 0 saturated heterocycles. The molecule has 4 aromatic rings. The van der Waals surface area contributed by atoms with Crippen LogP contribution in [-0.4, -0.2) is 31.8 Å². The summed E-state index contributed by atoms with van der Waals surface area (Å²) < 4.78 is 32.7. The number of rotatable bonds is 4. The Balaban J connectivity index is 1.78. The van der Waals surface area contributed by atoms with Crippen LogP contribution in [0.2, 0.25) is 0 Å². The van der Waals surface area contributed by atoms with Crippen molar-refractivity contribution in [3.8, 4) is 5.75 Å². The van der Waals surface area contributed by atoms with Crippen LogP contribution in [0.25, 0.3) is 21.9 Å². The number of nitrogens with zero attached hydrogens (tertiary/aromatic N) is 4. The van der Waals surface area contributed by atoms with Crippen LogP contribution in [0.1, 0.15) is 17.8 Å². The molecule has 1 N–H and O–H groups in total. The Morgan fingerprint density at radius 2 is 2.17 bits per heavy atom. The first-order chi connectivity index (χ1) is 11.6. The third kappa shape index (κ3) is 2.45. The topological polar surface area (TPSA) is 68.6 Å². The van der Waals surface area contributed by atoms with Crippen molar-refractivity contribution in [3.63, 3.8) is 0 Å². The van der Waals surface area contributed by atoms with E-state index < -0.39 is 6.43 Å². The molecule has 3 heterocycles. The Labute approximate surface area is 135 Å². The number of halogens is 2. The third-order valence-corrected chi connectivity index (χ3v) is 3.80. The number of benzene rings is 1. The molecule has 0 fully saturated rings. The molecular weight excluding hydrogens is 316 g/mol. The van der Waals surface area contributed by atoms with Gasteiger partial charge in [-0.25, -0.2) is 13.8 Å². The third-order valence-electron chi connectivity index (χ3n) is 3.80. The summed E-state index contributed by atoms with van der Waals surface area (Å²) in [6, 6.07) is 4.41. The molecule has 24 heavy (non-hydrogen) atoms. The molecule has 0 aliphatic rings. The molecular formula is C16H13F2N5O. The van der Waals surface area contributed by atoms with E-state index in [0.717, 1.165) is 0 Å². The van der Waals surface area contributed by atoms with Crippen LogP contribution in [0.4, 0.5) is 8.78 Å². The van der Waals surface area contributed by atoms with Gasteiger partial charge in [0.1, 0.15) is 5.82 Å². The van der Waals surface area contributed by atoms with E-state index in [2.05, 4.69) is 20.1 Å². The SMILES string of the molecule is COc1cnn(Cc2nc3c(cnc4ccc(C(F)F)cc43)[nH]2)c1. The number of hydrogen-bond donors (Lipinski definition) is 1. The van der Waals surface area contributed by atoms with E-state index in [9.17, 15) is 8.78 Å². The van der Waals surface area contributed by atoms with Gasteiger partial charge in [0.15, 0.2) is 5.75 Å². The van der Waals surface area contributed by atoms with Crippen LogP contribution in [0.3, 0.4) is 0 Å². The van der Waals surface area contributed by atoms with E-state index in [4.69, 9.17) is 4.74 Å². The number of pyridine rings is 1. The fraction of sp³-hybridized carbons (Fsp3) is 0.188. The number of aromatic amines is 1. The van der Waals surface area contributed by atoms with E-state index in [1.54, 1.807) is 36.4 Å². The Morgan fingerprint density at radius 3 is 2.92 bits per heavy atom. The van der Waals surface area contributed by atoms with Gasteiger partial charge in [0.25, 0.3) is 6.43 Å². The van der Waals surface area contributed by atoms with Crippen LogP contribution in [0.5, 0.6) is 5.75 Å². The van der Waals surface area contributed by atoms with E-state index >= 15 is 0 Å². The molecule has 0 bridgehead atoms. The molecule has 4 rings (SSSR count). The molecule has 0 aliphatic carbocycles. The number of methoxy groups -OCH3 is 1. The second-order valence-corrected chi connectivity index (χ2v) is 5.36. The van der Waals surface area contributed by atoms with Gasteiger partial charge < -0.3 is 9.72 Å². The summed E-state index contributed by atoms with van der Waals surface area (Å²) in [5.41, 5.74) is 1.91. The monoisotopic (exact) mass is 329 g/mol. The minimum absolute atomic E-state index is 0.0434. The van der Waals surface area contributed by atoms with Crippen molar-refractivity contribution in [2.75, 3.05) is 7.11 Å². The summed E-state index contributed by atoms with van der Waals surface area (Å²) in [5, 5.41) is 4.77. The summed E-state index contributed by atoms with van der Waals surface area (Å²) in [5.74, 6) is 1.31. The van der Waals surface area contributed by atoms with Gasteiger partial charge >= 0.3 is 0 Å². The van der Waals surface area contributed by atoms with E-state index in [1.807, 2.05) is 0 Å². The molecule has 0 saturated carbocycles. The smallest absolute Gasteiger partial charge is 0.263 e. The molecule has 0 unspecified atom stereocenters. The first-order valence-electron chi connectivity index (χ1n) is 7.26. The highest BCUT2D eigenvalue weighted by atomic mass is 19.3. The molecule has 0 aliphatic heterocycles. The van der Waals surface area contributed by atoms with Crippen molar-refractivity contribution in [1.82, 2.24) is 24.7 Å². The molecule has 0 radical (unpaired) electrons. The molecule has 3 aromatic heterocycles. The predicted octanol–water partition coefficient (Wildman–Crippen LogP) is 3.30. The first-order valence-corrected chi connectivity index (χ1v) is 7.26. The van der Waals surface area contributed by atoms with Crippen LogP contribution in [0.15, 0.2) is 36.8 Å². The number of H-pyrrole nitrogens is 1. The molecule has 6 nitrogen and oxygen atoms in total. The lowest BCUT2D eigenvalue weighted by molar-refractivity contribution is 0.151. The Bertz CT molecular complexity index is 1020. The van der Waals surface area contributed by atoms with E-state index in [1.165, 1.54) is 12.1 Å². The van der Waals surface area contributed by atoms with Crippen molar-refractivity contribution in [3.05, 3.63) is 48.2 Å². The lowest BCUT2D eigenvalue weighted by Crippen LogP contribution is -2.01. The van der Waals surface area contributed by atoms with Gasteiger partial charge in [0, 0.05) is 10.9 Å². The predicted molar refractivity (Wildman–Crippen MR) is 84.2 cm³/mol. The molecule has 0 spiro atoms. The van der Waals surface area contributed by atoms with Crippen LogP contribution in [0, 0.1) is 0 Å². The minimum Gasteiger partial charge on any atom is -0.493 e. The number of imidazole rings is 1. The Morgan fingerprint density at radius 1 is 1.29 bits per heavy atom. The molecule has 1 aromatic carbocycles. The molecule has 0 amide bonds. The van der Waals surface area contributed by atoms with Gasteiger partial charge in [-0.3, -0.25) is 9.67 Å². The van der Waals surface area contributed by atoms with Gasteiger partial charge in [-0.05, 0) is 12.1 Å². The van der Waals surface area contributed by atoms with Gasteiger partial charge in [-0.15, -0.1) is 0 Å². The van der Waals surface area contributed by atoms with Crippen molar-refractivity contribution in [2.45, 2.75) is 13.0 Å². The van der Waals surface area contributed by atoms with Gasteiger partial charge in [-0.1, -0.05) is 6.07 Å². The lowest BCUT2D eigenvalue weighted by atomic mass is 10.1. The average Bonchev–Trinajstić information content (AvgIpc) is 3.20. The summed E-state index contributed by atoms with van der Waals surface area (Å²) >= 11 is 0. The minimum atomic E-state index is -2.53. The number of hydrogen-bond acceptors (Lipinski definition) is 4. The van der Waals surface area contributed by atoms with E-state index in [-0.39, 0.29) is 5.56 Å². The van der Waals surface area contributed by atoms with Crippen molar-refractivity contribution >= 4 is 21.9 Å². The van der Waals surface area contributed by atoms with Crippen molar-refractivity contribution in [1.29, 1.82) is 0 Å². The Kier molecular flexibility index (Phi) is 3.37. The van der Waals surface area contributed by atoms with Crippen molar-refractivity contribution < 1.29 is 13.5 Å². The molecule has 122 valence electrons. The standard InChI is InChI=1S/C16H13F2N5O/c1-24-10-5-20-23(7-10)8-14-21-13-6-19-12-3-2-9(16(17)18)4-11(12)15(13)22-14/h2-7,16H,8H2,1H3,(H,21,22). The summed E-state index contributed by atoms with van der Waals surface area (Å²) in [4.78, 5) is 12.0. The number of ether oxygens (including phenoxy) is 1. The normalized spacial score (nSPS) is 11.7. The zero-order chi connectivity index (χ0) is 16.7. The van der Waals surface area contributed by atoms with Gasteiger partial charge in [0.05, 0.1) is 48.8 Å². The number of nitrogens with one attached hydrogen (secondary N) is 1. The zero-order valence-corrected chi connectivity index (χ0v) is 12.7. The largest absolute Gasteiger partial charge is 0.493 e. The zero-order valence-electron chi connectivity index (χ0n) is 12.7. The fourth-order valence-electron chi connectivity index (χ4n) is 2.63. The highest BCUT2D eigenvalue weighted by Crippen LogP contribution is 2.27. The second-order valence-electron chi connectivity index (χ2n) is 5.36. The van der Waals surface area contributed by atoms with Gasteiger partial charge in [-0.2, -0.15) is 5.10 Å². The summed E-state index contributed by atoms with van der Waals surface area (Å²) in [7, 11) is 1.57. The van der Waals surface area contributed by atoms with Gasteiger partial charge in [0.2, 0.25) is 0 Å². The molecule has 8 heteroatoms. The average molecular weight is 329 g/mol. The van der Waals surface area contributed by atoms with Crippen LogP contribution >= 0.6 is 0 Å². The number of alkyl halides is 2. The van der Waals surface area contributed by atoms with Crippen LogP contribution in [-0.2, 0) is 6.54 Å². The summed E-state index contributed by atoms with van der Waals surface area (Å²) in [6.07, 6.45) is 2.48. The lowest BCUT2D eigenvalue weighted by Gasteiger charge is -2.02. The molecule has 0 atom stereocenters.